The summed E-state index contributed by atoms with van der Waals surface area (Å²) in [6.45, 7) is 0.521. The van der Waals surface area contributed by atoms with Crippen LogP contribution in [0.15, 0.2) is 61.1 Å². The standard InChI is InChI=1S/C16H15N3/c17-10-15(16-11-18-8-9-19-16)14-7-3-5-12-4-1-2-6-13(12)14/h1-9,11,15H,10,17H2. The van der Waals surface area contributed by atoms with Crippen molar-refractivity contribution >= 4 is 10.8 Å². The third-order valence-corrected chi connectivity index (χ3v) is 3.37. The molecule has 1 aromatic heterocycles. The molecule has 0 aliphatic heterocycles. The van der Waals surface area contributed by atoms with Crippen molar-refractivity contribution in [2.75, 3.05) is 6.54 Å². The molecule has 1 unspecified atom stereocenters. The molecule has 3 heteroatoms. The van der Waals surface area contributed by atoms with Gasteiger partial charge in [-0.05, 0) is 16.3 Å². The highest BCUT2D eigenvalue weighted by molar-refractivity contribution is 5.86. The number of fused-ring (bicyclic) bond motifs is 1. The number of hydrogen-bond donors (Lipinski definition) is 1. The van der Waals surface area contributed by atoms with Crippen molar-refractivity contribution in [3.8, 4) is 0 Å². The molecule has 2 N–H and O–H groups in total. The largest absolute Gasteiger partial charge is 0.329 e. The maximum atomic E-state index is 5.96. The van der Waals surface area contributed by atoms with Gasteiger partial charge in [0, 0.05) is 31.1 Å². The fourth-order valence-corrected chi connectivity index (χ4v) is 2.45. The molecular formula is C16H15N3. The topological polar surface area (TPSA) is 51.8 Å². The lowest BCUT2D eigenvalue weighted by Crippen LogP contribution is -2.15. The van der Waals surface area contributed by atoms with Gasteiger partial charge in [-0.1, -0.05) is 42.5 Å². The molecule has 2 aromatic carbocycles. The predicted molar refractivity (Wildman–Crippen MR) is 76.9 cm³/mol. The Morgan fingerprint density at radius 1 is 1.00 bits per heavy atom. The first-order valence-corrected chi connectivity index (χ1v) is 6.34. The van der Waals surface area contributed by atoms with Crippen LogP contribution in [-0.4, -0.2) is 16.5 Å². The van der Waals surface area contributed by atoms with E-state index in [4.69, 9.17) is 5.73 Å². The minimum Gasteiger partial charge on any atom is -0.329 e. The summed E-state index contributed by atoms with van der Waals surface area (Å²) in [5, 5.41) is 2.45. The lowest BCUT2D eigenvalue weighted by molar-refractivity contribution is 0.785. The summed E-state index contributed by atoms with van der Waals surface area (Å²) in [5.74, 6) is 0.0831. The van der Waals surface area contributed by atoms with E-state index in [-0.39, 0.29) is 5.92 Å². The summed E-state index contributed by atoms with van der Waals surface area (Å²) in [4.78, 5) is 8.53. The van der Waals surface area contributed by atoms with Crippen LogP contribution in [0.5, 0.6) is 0 Å². The fraction of sp³-hybridized carbons (Fsp3) is 0.125. The lowest BCUT2D eigenvalue weighted by atomic mass is 9.91. The first kappa shape index (κ1) is 11.8. The van der Waals surface area contributed by atoms with E-state index in [1.807, 2.05) is 6.07 Å². The van der Waals surface area contributed by atoms with Crippen LogP contribution in [0, 0.1) is 0 Å². The first-order valence-electron chi connectivity index (χ1n) is 6.34. The molecule has 3 rings (SSSR count). The van der Waals surface area contributed by atoms with E-state index in [0.717, 1.165) is 5.69 Å². The quantitative estimate of drug-likeness (QED) is 0.776. The molecule has 0 amide bonds. The Labute approximate surface area is 112 Å². The average Bonchev–Trinajstić information content (AvgIpc) is 2.49. The van der Waals surface area contributed by atoms with E-state index < -0.39 is 0 Å². The van der Waals surface area contributed by atoms with Crippen LogP contribution < -0.4 is 5.73 Å². The molecule has 0 radical (unpaired) electrons. The van der Waals surface area contributed by atoms with Gasteiger partial charge in [-0.2, -0.15) is 0 Å². The van der Waals surface area contributed by atoms with Gasteiger partial charge >= 0.3 is 0 Å². The highest BCUT2D eigenvalue weighted by atomic mass is 14.8. The third kappa shape index (κ3) is 2.20. The Kier molecular flexibility index (Phi) is 3.21. The van der Waals surface area contributed by atoms with E-state index in [1.165, 1.54) is 16.3 Å². The maximum Gasteiger partial charge on any atom is 0.0674 e. The molecular weight excluding hydrogens is 234 g/mol. The Hall–Kier alpha value is -2.26. The number of aromatic nitrogens is 2. The summed E-state index contributed by atoms with van der Waals surface area (Å²) >= 11 is 0. The molecule has 0 saturated carbocycles. The first-order chi connectivity index (χ1) is 9.40. The van der Waals surface area contributed by atoms with Gasteiger partial charge in [0.15, 0.2) is 0 Å². The maximum absolute atomic E-state index is 5.96. The molecule has 3 nitrogen and oxygen atoms in total. The zero-order valence-corrected chi connectivity index (χ0v) is 10.5. The van der Waals surface area contributed by atoms with Crippen molar-refractivity contribution in [1.82, 2.24) is 9.97 Å². The second kappa shape index (κ2) is 5.16. The molecule has 94 valence electrons. The molecule has 19 heavy (non-hydrogen) atoms. The van der Waals surface area contributed by atoms with Crippen molar-refractivity contribution in [2.45, 2.75) is 5.92 Å². The Morgan fingerprint density at radius 3 is 2.63 bits per heavy atom. The molecule has 0 bridgehead atoms. The number of hydrogen-bond acceptors (Lipinski definition) is 3. The number of nitrogens with zero attached hydrogens (tertiary/aromatic N) is 2. The van der Waals surface area contributed by atoms with Crippen LogP contribution >= 0.6 is 0 Å². The van der Waals surface area contributed by atoms with E-state index in [9.17, 15) is 0 Å². The smallest absolute Gasteiger partial charge is 0.0674 e. The molecule has 0 fully saturated rings. The van der Waals surface area contributed by atoms with Gasteiger partial charge in [-0.3, -0.25) is 9.97 Å². The minimum absolute atomic E-state index is 0.0831. The molecule has 0 aliphatic rings. The van der Waals surface area contributed by atoms with Crippen molar-refractivity contribution < 1.29 is 0 Å². The molecule has 3 aromatic rings. The van der Waals surface area contributed by atoms with Crippen molar-refractivity contribution in [3.05, 3.63) is 72.3 Å². The molecule has 0 spiro atoms. The summed E-state index contributed by atoms with van der Waals surface area (Å²) < 4.78 is 0. The van der Waals surface area contributed by atoms with Crippen LogP contribution in [0.2, 0.25) is 0 Å². The average molecular weight is 249 g/mol. The van der Waals surface area contributed by atoms with E-state index in [2.05, 4.69) is 46.4 Å². The Balaban J connectivity index is 2.17. The van der Waals surface area contributed by atoms with Crippen molar-refractivity contribution in [1.29, 1.82) is 0 Å². The van der Waals surface area contributed by atoms with E-state index in [1.54, 1.807) is 18.6 Å². The van der Waals surface area contributed by atoms with Gasteiger partial charge in [0.1, 0.15) is 0 Å². The predicted octanol–water partition coefficient (Wildman–Crippen LogP) is 2.72. The van der Waals surface area contributed by atoms with Gasteiger partial charge in [0.05, 0.1) is 5.69 Å². The monoisotopic (exact) mass is 249 g/mol. The van der Waals surface area contributed by atoms with Crippen LogP contribution in [-0.2, 0) is 0 Å². The minimum atomic E-state index is 0.0831. The normalized spacial score (nSPS) is 12.5. The van der Waals surface area contributed by atoms with Gasteiger partial charge in [0.2, 0.25) is 0 Å². The Bertz CT molecular complexity index is 674. The number of benzene rings is 2. The molecule has 0 saturated heterocycles. The molecule has 1 atom stereocenters. The SMILES string of the molecule is NCC(c1cnccn1)c1cccc2ccccc12. The van der Waals surface area contributed by atoms with E-state index >= 15 is 0 Å². The summed E-state index contributed by atoms with van der Waals surface area (Å²) in [6, 6.07) is 14.6. The summed E-state index contributed by atoms with van der Waals surface area (Å²) in [5.41, 5.74) is 8.09. The van der Waals surface area contributed by atoms with Gasteiger partial charge in [-0.15, -0.1) is 0 Å². The number of rotatable bonds is 3. The van der Waals surface area contributed by atoms with Crippen molar-refractivity contribution in [3.63, 3.8) is 0 Å². The Morgan fingerprint density at radius 2 is 1.84 bits per heavy atom. The summed E-state index contributed by atoms with van der Waals surface area (Å²) in [6.07, 6.45) is 5.18. The van der Waals surface area contributed by atoms with Gasteiger partial charge in [0.25, 0.3) is 0 Å². The molecule has 1 heterocycles. The highest BCUT2D eigenvalue weighted by Gasteiger charge is 2.16. The second-order valence-electron chi connectivity index (χ2n) is 4.49. The second-order valence-corrected chi connectivity index (χ2v) is 4.49. The van der Waals surface area contributed by atoms with Crippen molar-refractivity contribution in [2.24, 2.45) is 5.73 Å². The van der Waals surface area contributed by atoms with Gasteiger partial charge < -0.3 is 5.73 Å². The zero-order valence-electron chi connectivity index (χ0n) is 10.5. The summed E-state index contributed by atoms with van der Waals surface area (Å²) in [7, 11) is 0. The lowest BCUT2D eigenvalue weighted by Gasteiger charge is -2.16. The third-order valence-electron chi connectivity index (χ3n) is 3.37. The zero-order chi connectivity index (χ0) is 13.1. The number of nitrogens with two attached hydrogens (primary N) is 1. The van der Waals surface area contributed by atoms with Crippen LogP contribution in [0.3, 0.4) is 0 Å². The molecule has 0 aliphatic carbocycles. The van der Waals surface area contributed by atoms with Crippen LogP contribution in [0.1, 0.15) is 17.2 Å². The van der Waals surface area contributed by atoms with Crippen LogP contribution in [0.25, 0.3) is 10.8 Å². The van der Waals surface area contributed by atoms with Gasteiger partial charge in [-0.25, -0.2) is 0 Å². The fourth-order valence-electron chi connectivity index (χ4n) is 2.45. The highest BCUT2D eigenvalue weighted by Crippen LogP contribution is 2.28. The van der Waals surface area contributed by atoms with Crippen LogP contribution in [0.4, 0.5) is 0 Å². The van der Waals surface area contributed by atoms with E-state index in [0.29, 0.717) is 6.54 Å².